The van der Waals surface area contributed by atoms with Gasteiger partial charge in [0.1, 0.15) is 5.75 Å². The molecule has 1 aromatic carbocycles. The molecule has 0 amide bonds. The van der Waals surface area contributed by atoms with Crippen molar-refractivity contribution in [1.29, 1.82) is 0 Å². The van der Waals surface area contributed by atoms with E-state index in [9.17, 15) is 0 Å². The number of nitrogens with two attached hydrogens (primary N) is 1. The normalized spacial score (nSPS) is 12.4. The van der Waals surface area contributed by atoms with Gasteiger partial charge in [0, 0.05) is 5.69 Å². The molecule has 0 aliphatic rings. The van der Waals surface area contributed by atoms with E-state index in [4.69, 9.17) is 10.5 Å². The van der Waals surface area contributed by atoms with Crippen molar-refractivity contribution in [2.75, 3.05) is 12.3 Å². The van der Waals surface area contributed by atoms with Crippen LogP contribution in [0, 0.1) is 5.92 Å². The second kappa shape index (κ2) is 5.53. The van der Waals surface area contributed by atoms with Crippen molar-refractivity contribution < 1.29 is 4.74 Å². The van der Waals surface area contributed by atoms with Crippen LogP contribution < -0.4 is 10.5 Å². The maximum atomic E-state index is 5.62. The summed E-state index contributed by atoms with van der Waals surface area (Å²) in [7, 11) is 0. The first-order valence-corrected chi connectivity index (χ1v) is 5.20. The van der Waals surface area contributed by atoms with Gasteiger partial charge in [-0.25, -0.2) is 0 Å². The summed E-state index contributed by atoms with van der Waals surface area (Å²) in [5.74, 6) is 1.53. The lowest BCUT2D eigenvalue weighted by Gasteiger charge is -2.11. The first kappa shape index (κ1) is 10.9. The van der Waals surface area contributed by atoms with E-state index in [1.807, 2.05) is 24.3 Å². The number of anilines is 1. The van der Waals surface area contributed by atoms with E-state index in [-0.39, 0.29) is 0 Å². The minimum Gasteiger partial charge on any atom is -0.493 e. The zero-order valence-electron chi connectivity index (χ0n) is 8.99. The van der Waals surface area contributed by atoms with Crippen molar-refractivity contribution in [2.24, 2.45) is 5.92 Å². The van der Waals surface area contributed by atoms with Gasteiger partial charge in [0.2, 0.25) is 0 Å². The summed E-state index contributed by atoms with van der Waals surface area (Å²) in [5.41, 5.74) is 6.35. The number of benzene rings is 1. The van der Waals surface area contributed by atoms with Crippen molar-refractivity contribution >= 4 is 5.69 Å². The van der Waals surface area contributed by atoms with Crippen LogP contribution in [-0.4, -0.2) is 6.61 Å². The molecule has 14 heavy (non-hydrogen) atoms. The van der Waals surface area contributed by atoms with Gasteiger partial charge in [-0.2, -0.15) is 0 Å². The Balaban J connectivity index is 2.34. The van der Waals surface area contributed by atoms with Crippen LogP contribution in [-0.2, 0) is 0 Å². The van der Waals surface area contributed by atoms with E-state index in [0.29, 0.717) is 5.92 Å². The first-order chi connectivity index (χ1) is 6.72. The molecular formula is C12H19NO. The van der Waals surface area contributed by atoms with Crippen LogP contribution in [0.4, 0.5) is 5.69 Å². The lowest BCUT2D eigenvalue weighted by atomic mass is 10.1. The van der Waals surface area contributed by atoms with Gasteiger partial charge >= 0.3 is 0 Å². The average Bonchev–Trinajstić information content (AvgIpc) is 2.17. The molecule has 1 aromatic rings. The Morgan fingerprint density at radius 3 is 2.50 bits per heavy atom. The highest BCUT2D eigenvalue weighted by atomic mass is 16.5. The van der Waals surface area contributed by atoms with Gasteiger partial charge in [-0.05, 0) is 36.6 Å². The molecule has 1 rings (SSSR count). The molecule has 0 aliphatic heterocycles. The van der Waals surface area contributed by atoms with E-state index in [0.717, 1.165) is 18.0 Å². The highest BCUT2D eigenvalue weighted by Gasteiger charge is 2.01. The molecule has 0 saturated heterocycles. The van der Waals surface area contributed by atoms with Gasteiger partial charge in [0.25, 0.3) is 0 Å². The monoisotopic (exact) mass is 193 g/mol. The molecule has 78 valence electrons. The standard InChI is InChI=1S/C12H19NO/c1-3-4-10(2)9-14-12-7-5-11(13)6-8-12/h5-8,10H,3-4,9,13H2,1-2H3/t10-/m1/s1. The molecular weight excluding hydrogens is 174 g/mol. The summed E-state index contributed by atoms with van der Waals surface area (Å²) < 4.78 is 5.62. The molecule has 0 aromatic heterocycles. The summed E-state index contributed by atoms with van der Waals surface area (Å²) in [6.07, 6.45) is 2.43. The Hall–Kier alpha value is -1.18. The summed E-state index contributed by atoms with van der Waals surface area (Å²) in [5, 5.41) is 0. The smallest absolute Gasteiger partial charge is 0.119 e. The number of hydrogen-bond acceptors (Lipinski definition) is 2. The largest absolute Gasteiger partial charge is 0.493 e. The van der Waals surface area contributed by atoms with Crippen molar-refractivity contribution in [3.63, 3.8) is 0 Å². The molecule has 0 spiro atoms. The van der Waals surface area contributed by atoms with Gasteiger partial charge in [-0.1, -0.05) is 20.3 Å². The Labute approximate surface area is 86.1 Å². The number of rotatable bonds is 5. The number of nitrogen functional groups attached to an aromatic ring is 1. The Kier molecular flexibility index (Phi) is 4.30. The minimum atomic E-state index is 0.623. The minimum absolute atomic E-state index is 0.623. The summed E-state index contributed by atoms with van der Waals surface area (Å²) in [4.78, 5) is 0. The van der Waals surface area contributed by atoms with Gasteiger partial charge in [0.05, 0.1) is 6.61 Å². The maximum Gasteiger partial charge on any atom is 0.119 e. The van der Waals surface area contributed by atoms with Crippen LogP contribution in [0.5, 0.6) is 5.75 Å². The summed E-state index contributed by atoms with van der Waals surface area (Å²) >= 11 is 0. The van der Waals surface area contributed by atoms with Crippen molar-refractivity contribution in [3.8, 4) is 5.75 Å². The van der Waals surface area contributed by atoms with Crippen LogP contribution in [0.3, 0.4) is 0 Å². The summed E-state index contributed by atoms with van der Waals surface area (Å²) in [6.45, 7) is 5.19. The second-order valence-electron chi connectivity index (χ2n) is 3.77. The van der Waals surface area contributed by atoms with Gasteiger partial charge in [0.15, 0.2) is 0 Å². The van der Waals surface area contributed by atoms with E-state index < -0.39 is 0 Å². The molecule has 2 nitrogen and oxygen atoms in total. The van der Waals surface area contributed by atoms with Gasteiger partial charge < -0.3 is 10.5 Å². The quantitative estimate of drug-likeness (QED) is 0.729. The maximum absolute atomic E-state index is 5.62. The molecule has 0 aliphatic carbocycles. The van der Waals surface area contributed by atoms with Crippen molar-refractivity contribution in [1.82, 2.24) is 0 Å². The molecule has 1 atom stereocenters. The van der Waals surface area contributed by atoms with E-state index in [1.54, 1.807) is 0 Å². The van der Waals surface area contributed by atoms with Crippen molar-refractivity contribution in [3.05, 3.63) is 24.3 Å². The number of hydrogen-bond donors (Lipinski definition) is 1. The molecule has 2 heteroatoms. The molecule has 0 fully saturated rings. The third-order valence-corrected chi connectivity index (χ3v) is 2.20. The fourth-order valence-corrected chi connectivity index (χ4v) is 1.38. The molecule has 0 unspecified atom stereocenters. The average molecular weight is 193 g/mol. The fraction of sp³-hybridized carbons (Fsp3) is 0.500. The number of ether oxygens (including phenoxy) is 1. The Morgan fingerprint density at radius 1 is 1.29 bits per heavy atom. The third-order valence-electron chi connectivity index (χ3n) is 2.20. The van der Waals surface area contributed by atoms with Crippen molar-refractivity contribution in [2.45, 2.75) is 26.7 Å². The predicted octanol–water partition coefficient (Wildman–Crippen LogP) is 3.08. The third kappa shape index (κ3) is 3.69. The van der Waals surface area contributed by atoms with Crippen LogP contribution in [0.15, 0.2) is 24.3 Å². The zero-order chi connectivity index (χ0) is 10.4. The van der Waals surface area contributed by atoms with Crippen LogP contribution in [0.1, 0.15) is 26.7 Å². The fourth-order valence-electron chi connectivity index (χ4n) is 1.38. The lowest BCUT2D eigenvalue weighted by Crippen LogP contribution is -2.08. The molecule has 0 bridgehead atoms. The lowest BCUT2D eigenvalue weighted by molar-refractivity contribution is 0.251. The van der Waals surface area contributed by atoms with E-state index in [2.05, 4.69) is 13.8 Å². The molecule has 0 saturated carbocycles. The predicted molar refractivity (Wildman–Crippen MR) is 60.4 cm³/mol. The van der Waals surface area contributed by atoms with Gasteiger partial charge in [-0.3, -0.25) is 0 Å². The van der Waals surface area contributed by atoms with E-state index in [1.165, 1.54) is 12.8 Å². The zero-order valence-corrected chi connectivity index (χ0v) is 8.99. The van der Waals surface area contributed by atoms with Gasteiger partial charge in [-0.15, -0.1) is 0 Å². The Bertz CT molecular complexity index is 256. The second-order valence-corrected chi connectivity index (χ2v) is 3.77. The Morgan fingerprint density at radius 2 is 1.93 bits per heavy atom. The highest BCUT2D eigenvalue weighted by molar-refractivity contribution is 5.41. The van der Waals surface area contributed by atoms with Crippen LogP contribution in [0.2, 0.25) is 0 Å². The first-order valence-electron chi connectivity index (χ1n) is 5.20. The molecule has 2 N–H and O–H groups in total. The highest BCUT2D eigenvalue weighted by Crippen LogP contribution is 2.15. The SMILES string of the molecule is CCC[C@@H](C)COc1ccc(N)cc1. The van der Waals surface area contributed by atoms with Crippen LogP contribution >= 0.6 is 0 Å². The summed E-state index contributed by atoms with van der Waals surface area (Å²) in [6, 6.07) is 7.54. The topological polar surface area (TPSA) is 35.2 Å². The van der Waals surface area contributed by atoms with E-state index >= 15 is 0 Å². The molecule has 0 heterocycles. The van der Waals surface area contributed by atoms with Crippen LogP contribution in [0.25, 0.3) is 0 Å². The molecule has 0 radical (unpaired) electrons.